The lowest BCUT2D eigenvalue weighted by molar-refractivity contribution is -0.116. The van der Waals surface area contributed by atoms with Crippen LogP contribution >= 0.6 is 11.3 Å². The van der Waals surface area contributed by atoms with Gasteiger partial charge in [0, 0.05) is 35.1 Å². The largest absolute Gasteiger partial charge is 0.348 e. The van der Waals surface area contributed by atoms with E-state index in [9.17, 15) is 9.59 Å². The smallest absolute Gasteiger partial charge is 0.281 e. The molecule has 0 unspecified atom stereocenters. The van der Waals surface area contributed by atoms with Gasteiger partial charge in [0.05, 0.1) is 23.0 Å². The van der Waals surface area contributed by atoms with E-state index in [4.69, 9.17) is 0 Å². The molecule has 4 rings (SSSR count). The van der Waals surface area contributed by atoms with Crippen LogP contribution in [0.1, 0.15) is 29.9 Å². The molecule has 0 bridgehead atoms. The Kier molecular flexibility index (Phi) is 5.50. The fourth-order valence-electron chi connectivity index (χ4n) is 3.69. The van der Waals surface area contributed by atoms with E-state index in [2.05, 4.69) is 20.0 Å². The molecule has 1 amide bonds. The van der Waals surface area contributed by atoms with Crippen LogP contribution < -0.4 is 10.9 Å². The molecule has 0 saturated carbocycles. The number of anilines is 1. The Morgan fingerprint density at radius 2 is 1.90 bits per heavy atom. The van der Waals surface area contributed by atoms with E-state index in [1.807, 2.05) is 56.5 Å². The number of nitrogens with one attached hydrogen (secondary N) is 1. The SMILES string of the molecule is Cc1csc(NC(=O)CCCn2c(C)c3cnn(-c4ccccc4)c(=O)c3c2C)n1. The van der Waals surface area contributed by atoms with Gasteiger partial charge in [-0.3, -0.25) is 9.59 Å². The van der Waals surface area contributed by atoms with Crippen LogP contribution in [0.4, 0.5) is 5.13 Å². The lowest BCUT2D eigenvalue weighted by Gasteiger charge is -2.09. The Morgan fingerprint density at radius 1 is 1.13 bits per heavy atom. The van der Waals surface area contributed by atoms with Gasteiger partial charge in [0.2, 0.25) is 5.91 Å². The maximum Gasteiger partial charge on any atom is 0.281 e. The monoisotopic (exact) mass is 421 g/mol. The molecular weight excluding hydrogens is 398 g/mol. The van der Waals surface area contributed by atoms with Gasteiger partial charge in [-0.2, -0.15) is 9.78 Å². The number of aryl methyl sites for hydroxylation is 3. The maximum atomic E-state index is 13.1. The van der Waals surface area contributed by atoms with Gasteiger partial charge < -0.3 is 9.88 Å². The number of amides is 1. The van der Waals surface area contributed by atoms with Crippen LogP contribution in [-0.2, 0) is 11.3 Å². The molecule has 0 fully saturated rings. The zero-order valence-corrected chi connectivity index (χ0v) is 18.0. The summed E-state index contributed by atoms with van der Waals surface area (Å²) in [7, 11) is 0. The second kappa shape index (κ2) is 8.23. The second-order valence-electron chi connectivity index (χ2n) is 7.25. The minimum absolute atomic E-state index is 0.0514. The number of rotatable bonds is 6. The van der Waals surface area contributed by atoms with Crippen molar-refractivity contribution in [3.8, 4) is 5.69 Å². The average Bonchev–Trinajstić information content (AvgIpc) is 3.25. The summed E-state index contributed by atoms with van der Waals surface area (Å²) in [6.07, 6.45) is 2.80. The number of fused-ring (bicyclic) bond motifs is 1. The average molecular weight is 422 g/mol. The van der Waals surface area contributed by atoms with Gasteiger partial charge in [-0.15, -0.1) is 11.3 Å². The van der Waals surface area contributed by atoms with Crippen molar-refractivity contribution in [1.82, 2.24) is 19.3 Å². The molecule has 0 saturated heterocycles. The quantitative estimate of drug-likeness (QED) is 0.510. The van der Waals surface area contributed by atoms with Crippen LogP contribution in [0, 0.1) is 20.8 Å². The van der Waals surface area contributed by atoms with E-state index < -0.39 is 0 Å². The van der Waals surface area contributed by atoms with Crippen LogP contribution in [0.15, 0.2) is 46.7 Å². The van der Waals surface area contributed by atoms with Gasteiger partial charge >= 0.3 is 0 Å². The van der Waals surface area contributed by atoms with Crippen molar-refractivity contribution in [3.63, 3.8) is 0 Å². The zero-order chi connectivity index (χ0) is 21.3. The highest BCUT2D eigenvalue weighted by Gasteiger charge is 2.17. The summed E-state index contributed by atoms with van der Waals surface area (Å²) < 4.78 is 3.53. The van der Waals surface area contributed by atoms with Gasteiger partial charge in [-0.05, 0) is 39.3 Å². The van der Waals surface area contributed by atoms with Crippen molar-refractivity contribution in [2.24, 2.45) is 0 Å². The molecule has 8 heteroatoms. The molecule has 0 radical (unpaired) electrons. The van der Waals surface area contributed by atoms with Gasteiger partial charge in [-0.25, -0.2) is 4.98 Å². The minimum atomic E-state index is -0.130. The lowest BCUT2D eigenvalue weighted by Crippen LogP contribution is -2.21. The van der Waals surface area contributed by atoms with E-state index in [1.165, 1.54) is 16.0 Å². The third kappa shape index (κ3) is 3.78. The summed E-state index contributed by atoms with van der Waals surface area (Å²) in [5.74, 6) is -0.0514. The fourth-order valence-corrected chi connectivity index (χ4v) is 4.39. The number of nitrogens with zero attached hydrogens (tertiary/aromatic N) is 4. The van der Waals surface area contributed by atoms with Crippen molar-refractivity contribution in [1.29, 1.82) is 0 Å². The highest BCUT2D eigenvalue weighted by Crippen LogP contribution is 2.23. The van der Waals surface area contributed by atoms with E-state index in [0.717, 1.165) is 28.2 Å². The first-order valence-corrected chi connectivity index (χ1v) is 10.7. The Balaban J connectivity index is 1.54. The van der Waals surface area contributed by atoms with Crippen molar-refractivity contribution in [3.05, 3.63) is 69.3 Å². The molecule has 7 nitrogen and oxygen atoms in total. The number of hydrogen-bond acceptors (Lipinski definition) is 5. The first-order chi connectivity index (χ1) is 14.5. The molecule has 0 spiro atoms. The fraction of sp³-hybridized carbons (Fsp3) is 0.273. The van der Waals surface area contributed by atoms with Crippen LogP contribution in [0.2, 0.25) is 0 Å². The number of aromatic nitrogens is 4. The Hall–Kier alpha value is -3.26. The van der Waals surface area contributed by atoms with Crippen LogP contribution in [0.5, 0.6) is 0 Å². The van der Waals surface area contributed by atoms with E-state index >= 15 is 0 Å². The summed E-state index contributed by atoms with van der Waals surface area (Å²) in [5, 5.41) is 11.3. The molecule has 0 atom stereocenters. The molecule has 1 N–H and O–H groups in total. The first-order valence-electron chi connectivity index (χ1n) is 9.81. The minimum Gasteiger partial charge on any atom is -0.348 e. The molecule has 0 aliphatic rings. The molecule has 0 aliphatic carbocycles. The van der Waals surface area contributed by atoms with Crippen LogP contribution in [-0.4, -0.2) is 25.2 Å². The van der Waals surface area contributed by atoms with Gasteiger partial charge in [0.15, 0.2) is 5.13 Å². The maximum absolute atomic E-state index is 13.1. The number of hydrogen-bond donors (Lipinski definition) is 1. The highest BCUT2D eigenvalue weighted by molar-refractivity contribution is 7.13. The standard InChI is InChI=1S/C22H23N5O2S/c1-14-13-30-22(24-14)25-19(28)10-7-11-26-15(2)18-12-23-27(17-8-5-4-6-9-17)21(29)20(18)16(26)3/h4-6,8-9,12-13H,7,10-11H2,1-3H3,(H,24,25,28). The van der Waals surface area contributed by atoms with Crippen LogP contribution in [0.25, 0.3) is 16.5 Å². The number of benzene rings is 1. The third-order valence-corrected chi connectivity index (χ3v) is 6.07. The highest BCUT2D eigenvalue weighted by atomic mass is 32.1. The molecule has 1 aromatic carbocycles. The molecular formula is C22H23N5O2S. The summed E-state index contributed by atoms with van der Waals surface area (Å²) >= 11 is 1.42. The number of para-hydroxylation sites is 1. The van der Waals surface area contributed by atoms with E-state index in [-0.39, 0.29) is 11.5 Å². The Labute approximate surface area is 178 Å². The number of carbonyl (C=O) groups excluding carboxylic acids is 1. The molecule has 154 valence electrons. The van der Waals surface area contributed by atoms with Crippen LogP contribution in [0.3, 0.4) is 0 Å². The number of carbonyl (C=O) groups is 1. The van der Waals surface area contributed by atoms with Crippen molar-refractivity contribution >= 4 is 33.1 Å². The zero-order valence-electron chi connectivity index (χ0n) is 17.2. The molecule has 3 aromatic heterocycles. The molecule has 30 heavy (non-hydrogen) atoms. The van der Waals surface area contributed by atoms with Gasteiger partial charge in [0.25, 0.3) is 5.56 Å². The van der Waals surface area contributed by atoms with E-state index in [1.54, 1.807) is 6.20 Å². The summed E-state index contributed by atoms with van der Waals surface area (Å²) in [4.78, 5) is 29.6. The summed E-state index contributed by atoms with van der Waals surface area (Å²) in [6, 6.07) is 9.40. The normalized spacial score (nSPS) is 11.2. The second-order valence-corrected chi connectivity index (χ2v) is 8.11. The summed E-state index contributed by atoms with van der Waals surface area (Å²) in [5.41, 5.74) is 3.40. The third-order valence-electron chi connectivity index (χ3n) is 5.19. The van der Waals surface area contributed by atoms with Crippen molar-refractivity contribution < 1.29 is 4.79 Å². The summed E-state index contributed by atoms with van der Waals surface area (Å²) in [6.45, 7) is 6.49. The topological polar surface area (TPSA) is 81.8 Å². The molecule has 0 aliphatic heterocycles. The predicted molar refractivity (Wildman–Crippen MR) is 120 cm³/mol. The van der Waals surface area contributed by atoms with E-state index in [0.29, 0.717) is 29.9 Å². The molecule has 3 heterocycles. The van der Waals surface area contributed by atoms with Gasteiger partial charge in [-0.1, -0.05) is 18.2 Å². The lowest BCUT2D eigenvalue weighted by atomic mass is 10.2. The first kappa shape index (κ1) is 20.0. The van der Waals surface area contributed by atoms with Crippen molar-refractivity contribution in [2.45, 2.75) is 40.2 Å². The predicted octanol–water partition coefficient (Wildman–Crippen LogP) is 3.99. The molecule has 4 aromatic rings. The number of thiazole rings is 1. The van der Waals surface area contributed by atoms with Gasteiger partial charge in [0.1, 0.15) is 0 Å². The Bertz CT molecular complexity index is 1270. The Morgan fingerprint density at radius 3 is 2.60 bits per heavy atom. The van der Waals surface area contributed by atoms with Crippen molar-refractivity contribution in [2.75, 3.05) is 5.32 Å².